The van der Waals surface area contributed by atoms with E-state index in [-0.39, 0.29) is 35.6 Å². The fourth-order valence-corrected chi connectivity index (χ4v) is 9.25. The summed E-state index contributed by atoms with van der Waals surface area (Å²) in [6.07, 6.45) is 13.1. The molecule has 2 heterocycles. The van der Waals surface area contributed by atoms with Crippen molar-refractivity contribution in [3.8, 4) is 0 Å². The summed E-state index contributed by atoms with van der Waals surface area (Å²) in [7, 11) is 3.37. The molecule has 13 heteroatoms. The Morgan fingerprint density at radius 1 is 0.767 bits per heavy atom. The van der Waals surface area contributed by atoms with Crippen molar-refractivity contribution in [2.75, 3.05) is 23.9 Å². The van der Waals surface area contributed by atoms with Crippen LogP contribution in [0.5, 0.6) is 0 Å². The number of hydrogen-bond acceptors (Lipinski definition) is 8. The van der Waals surface area contributed by atoms with Crippen LogP contribution >= 0.6 is 0 Å². The van der Waals surface area contributed by atoms with Crippen molar-refractivity contribution in [1.29, 1.82) is 0 Å². The first-order valence-corrected chi connectivity index (χ1v) is 21.9. The molecule has 6 rings (SSSR count). The molecule has 322 valence electrons. The molecule has 6 unspecified atom stereocenters. The lowest BCUT2D eigenvalue weighted by atomic mass is 9.77. The molecule has 4 aliphatic rings. The first-order chi connectivity index (χ1) is 29.0. The highest BCUT2D eigenvalue weighted by Gasteiger charge is 2.43. The highest BCUT2D eigenvalue weighted by molar-refractivity contribution is 6.07. The van der Waals surface area contributed by atoms with Crippen molar-refractivity contribution in [1.82, 2.24) is 26.6 Å². The standard InChI is InChI=1S/C47H63N7O6/c1-29-16-14-19-32-20-15-23-36(42(29)32)50-45(58)41-27-34-18-11-13-25-40(34)54(41)47(60)38(52-44(57)31(3)49-5)22-9-7-6-8-21-37(51-43(56)30(2)48-4)46(59)53-35(28-55)26-33-17-10-12-24-39(33)53/h10-14,17-19,24-25,28-31,35-38,41,48-49H,6-9,15-16,20-23,26-27H2,1-5H3,(H,50,58)(H,51,56)(H,52,57)/t29?,30-,31-,35?,36?,37?,38?,41?/m0/s1. The molecule has 13 nitrogen and oxygen atoms in total. The van der Waals surface area contributed by atoms with Crippen molar-refractivity contribution < 1.29 is 28.8 Å². The second-order valence-corrected chi connectivity index (χ2v) is 16.9. The largest absolute Gasteiger partial charge is 0.348 e. The van der Waals surface area contributed by atoms with Crippen LogP contribution in [0.4, 0.5) is 11.4 Å². The van der Waals surface area contributed by atoms with Gasteiger partial charge in [0.25, 0.3) is 0 Å². The number of carbonyl (C=O) groups excluding carboxylic acids is 6. The summed E-state index contributed by atoms with van der Waals surface area (Å²) >= 11 is 0. The minimum absolute atomic E-state index is 0.0821. The van der Waals surface area contributed by atoms with E-state index in [1.807, 2.05) is 48.5 Å². The van der Waals surface area contributed by atoms with E-state index in [9.17, 15) is 28.8 Å². The second kappa shape index (κ2) is 20.4. The van der Waals surface area contributed by atoms with Gasteiger partial charge in [-0.25, -0.2) is 0 Å². The van der Waals surface area contributed by atoms with Crippen LogP contribution in [0.15, 0.2) is 71.8 Å². The van der Waals surface area contributed by atoms with Gasteiger partial charge in [-0.2, -0.15) is 0 Å². The van der Waals surface area contributed by atoms with Gasteiger partial charge in [-0.15, -0.1) is 0 Å². The summed E-state index contributed by atoms with van der Waals surface area (Å²) in [5.41, 5.74) is 5.80. The van der Waals surface area contributed by atoms with Gasteiger partial charge in [-0.1, -0.05) is 81.2 Å². The molecule has 2 aromatic carbocycles. The van der Waals surface area contributed by atoms with Crippen LogP contribution < -0.4 is 36.4 Å². The minimum Gasteiger partial charge on any atom is -0.348 e. The first kappa shape index (κ1) is 44.4. The predicted octanol–water partition coefficient (Wildman–Crippen LogP) is 4.19. The fraction of sp³-hybridized carbons (Fsp3) is 0.532. The normalized spacial score (nSPS) is 22.5. The van der Waals surface area contributed by atoms with Crippen LogP contribution in [-0.2, 0) is 41.6 Å². The number of aldehydes is 1. The molecule has 5 N–H and O–H groups in total. The fourth-order valence-electron chi connectivity index (χ4n) is 9.25. The highest BCUT2D eigenvalue weighted by atomic mass is 16.2. The topological polar surface area (TPSA) is 169 Å². The van der Waals surface area contributed by atoms with E-state index in [1.54, 1.807) is 32.8 Å². The Morgan fingerprint density at radius 2 is 1.32 bits per heavy atom. The molecular formula is C47H63N7O6. The van der Waals surface area contributed by atoms with E-state index in [4.69, 9.17) is 0 Å². The van der Waals surface area contributed by atoms with E-state index in [2.05, 4.69) is 45.7 Å². The molecule has 0 radical (unpaired) electrons. The van der Waals surface area contributed by atoms with Gasteiger partial charge < -0.3 is 31.4 Å². The lowest BCUT2D eigenvalue weighted by Gasteiger charge is -2.36. The van der Waals surface area contributed by atoms with Crippen LogP contribution in [0.25, 0.3) is 0 Å². The molecule has 0 bridgehead atoms. The van der Waals surface area contributed by atoms with Crippen molar-refractivity contribution in [3.05, 3.63) is 83.0 Å². The van der Waals surface area contributed by atoms with E-state index < -0.39 is 36.3 Å². The van der Waals surface area contributed by atoms with Crippen LogP contribution in [0, 0.1) is 5.92 Å². The molecule has 0 aromatic heterocycles. The second-order valence-electron chi connectivity index (χ2n) is 16.9. The maximum atomic E-state index is 14.8. The number of nitrogens with one attached hydrogen (secondary N) is 5. The summed E-state index contributed by atoms with van der Waals surface area (Å²) in [5.74, 6) is -1.11. The molecule has 2 aliphatic carbocycles. The number of nitrogens with zero attached hydrogens (tertiary/aromatic N) is 2. The molecule has 5 amide bonds. The van der Waals surface area contributed by atoms with Gasteiger partial charge in [0.05, 0.1) is 24.2 Å². The van der Waals surface area contributed by atoms with Crippen LogP contribution in [0.3, 0.4) is 0 Å². The van der Waals surface area contributed by atoms with Gasteiger partial charge in [0.1, 0.15) is 24.4 Å². The molecule has 0 saturated carbocycles. The molecular weight excluding hydrogens is 759 g/mol. The molecule has 0 fully saturated rings. The number of carbonyl (C=O) groups is 6. The van der Waals surface area contributed by atoms with Gasteiger partial charge in [-0.3, -0.25) is 33.8 Å². The minimum atomic E-state index is -0.880. The Bertz CT molecular complexity index is 1980. The Morgan fingerprint density at radius 3 is 1.90 bits per heavy atom. The zero-order chi connectivity index (χ0) is 42.9. The maximum Gasteiger partial charge on any atom is 0.250 e. The van der Waals surface area contributed by atoms with Gasteiger partial charge in [-0.05, 0) is 107 Å². The molecule has 8 atom stereocenters. The number of rotatable bonds is 18. The summed E-state index contributed by atoms with van der Waals surface area (Å²) < 4.78 is 0. The van der Waals surface area contributed by atoms with Crippen molar-refractivity contribution in [3.63, 3.8) is 0 Å². The number of unbranched alkanes of at least 4 members (excludes halogenated alkanes) is 3. The number of para-hydroxylation sites is 2. The maximum absolute atomic E-state index is 14.8. The summed E-state index contributed by atoms with van der Waals surface area (Å²) in [6.45, 7) is 5.67. The van der Waals surface area contributed by atoms with E-state index in [0.717, 1.165) is 43.1 Å². The zero-order valence-electron chi connectivity index (χ0n) is 35.8. The van der Waals surface area contributed by atoms with Crippen LogP contribution in [0.1, 0.15) is 96.1 Å². The predicted molar refractivity (Wildman–Crippen MR) is 233 cm³/mol. The number of amides is 5. The number of allylic oxidation sites excluding steroid dienone is 3. The Kier molecular flexibility index (Phi) is 15.1. The van der Waals surface area contributed by atoms with Crippen molar-refractivity contribution in [2.45, 2.75) is 140 Å². The first-order valence-electron chi connectivity index (χ1n) is 21.9. The van der Waals surface area contributed by atoms with Gasteiger partial charge >= 0.3 is 0 Å². The number of benzene rings is 2. The third-order valence-corrected chi connectivity index (χ3v) is 12.9. The smallest absolute Gasteiger partial charge is 0.250 e. The SMILES string of the molecule is CN[C@@H](C)C(=O)NC(CCCCCCC(NC(=O)[C@H](C)NC)C(=O)N1c2ccccc2CC1C(=O)NC1CCCC2=C1C(C)CC=C2)C(=O)N1c2ccccc2CC1C=O. The Hall–Kier alpha value is -5.14. The summed E-state index contributed by atoms with van der Waals surface area (Å²) in [5, 5.41) is 15.2. The summed E-state index contributed by atoms with van der Waals surface area (Å²) in [4.78, 5) is 84.7. The third-order valence-electron chi connectivity index (χ3n) is 12.9. The van der Waals surface area contributed by atoms with E-state index in [1.165, 1.54) is 16.0 Å². The number of fused-ring (bicyclic) bond motifs is 2. The average Bonchev–Trinajstić information content (AvgIpc) is 3.84. The van der Waals surface area contributed by atoms with Crippen molar-refractivity contribution >= 4 is 47.2 Å². The van der Waals surface area contributed by atoms with Crippen molar-refractivity contribution in [2.24, 2.45) is 5.92 Å². The molecule has 2 aromatic rings. The van der Waals surface area contributed by atoms with Crippen LogP contribution in [0.2, 0.25) is 0 Å². The molecule has 2 aliphatic heterocycles. The Balaban J connectivity index is 1.13. The monoisotopic (exact) mass is 821 g/mol. The number of likely N-dealkylation sites (N-methyl/N-ethyl adjacent to an activating group) is 2. The zero-order valence-corrected chi connectivity index (χ0v) is 35.8. The highest BCUT2D eigenvalue weighted by Crippen LogP contribution is 2.38. The lowest BCUT2D eigenvalue weighted by molar-refractivity contribution is -0.130. The quantitative estimate of drug-likeness (QED) is 0.110. The molecule has 0 saturated heterocycles. The third kappa shape index (κ3) is 9.90. The number of hydrogen-bond donors (Lipinski definition) is 5. The van der Waals surface area contributed by atoms with Gasteiger partial charge in [0.15, 0.2) is 0 Å². The van der Waals surface area contributed by atoms with E-state index in [0.29, 0.717) is 68.7 Å². The average molecular weight is 822 g/mol. The van der Waals surface area contributed by atoms with Gasteiger partial charge in [0.2, 0.25) is 29.5 Å². The van der Waals surface area contributed by atoms with Crippen LogP contribution in [-0.4, -0.2) is 92.2 Å². The Labute approximate surface area is 354 Å². The molecule has 0 spiro atoms. The lowest BCUT2D eigenvalue weighted by Crippen LogP contribution is -2.57. The van der Waals surface area contributed by atoms with Gasteiger partial charge in [0, 0.05) is 24.2 Å². The number of anilines is 2. The molecule has 60 heavy (non-hydrogen) atoms. The van der Waals surface area contributed by atoms with E-state index >= 15 is 0 Å². The summed E-state index contributed by atoms with van der Waals surface area (Å²) in [6, 6.07) is 10.8.